The second-order valence-corrected chi connectivity index (χ2v) is 8.21. The summed E-state index contributed by atoms with van der Waals surface area (Å²) in [5, 5.41) is 5.88. The van der Waals surface area contributed by atoms with E-state index >= 15 is 0 Å². The van der Waals surface area contributed by atoms with Gasteiger partial charge in [-0.05, 0) is 29.7 Å². The minimum atomic E-state index is -1.09. The number of methoxy groups -OCH3 is 1. The Morgan fingerprint density at radius 1 is 1.10 bits per heavy atom. The van der Waals surface area contributed by atoms with Crippen molar-refractivity contribution in [2.75, 3.05) is 12.0 Å². The van der Waals surface area contributed by atoms with Gasteiger partial charge < -0.3 is 4.74 Å². The number of ether oxygens (including phenoxy) is 1. The molecule has 2 heterocycles. The van der Waals surface area contributed by atoms with Gasteiger partial charge in [-0.3, -0.25) is 19.3 Å². The highest BCUT2D eigenvalue weighted by Gasteiger charge is 2.53. The summed E-state index contributed by atoms with van der Waals surface area (Å²) in [6.07, 6.45) is 0. The molecule has 4 rings (SSSR count). The zero-order valence-corrected chi connectivity index (χ0v) is 18.1. The summed E-state index contributed by atoms with van der Waals surface area (Å²) in [7, 11) is 1.53. The molecule has 2 aromatic carbocycles. The molecular formula is C23H21N3O4S. The quantitative estimate of drug-likeness (QED) is 0.433. The first-order valence-corrected chi connectivity index (χ1v) is 10.7. The number of ketones is 2. The number of para-hydroxylation sites is 1. The van der Waals surface area contributed by atoms with E-state index in [-0.39, 0.29) is 5.78 Å². The maximum absolute atomic E-state index is 13.1. The number of benzene rings is 2. The molecule has 2 unspecified atom stereocenters. The van der Waals surface area contributed by atoms with E-state index in [1.54, 1.807) is 50.2 Å². The summed E-state index contributed by atoms with van der Waals surface area (Å²) < 4.78 is 9.36. The van der Waals surface area contributed by atoms with Crippen LogP contribution in [0.15, 0.2) is 53.9 Å². The van der Waals surface area contributed by atoms with Gasteiger partial charge in [0, 0.05) is 28.1 Å². The second kappa shape index (κ2) is 8.39. The Kier molecular flexibility index (Phi) is 5.65. The summed E-state index contributed by atoms with van der Waals surface area (Å²) in [5.41, 5.74) is 2.73. The van der Waals surface area contributed by atoms with Crippen molar-refractivity contribution in [1.29, 1.82) is 0 Å². The van der Waals surface area contributed by atoms with Crippen molar-refractivity contribution in [2.45, 2.75) is 19.9 Å². The molecule has 31 heavy (non-hydrogen) atoms. The molecule has 0 saturated carbocycles. The number of Topliss-reactive ketones (excluding diaryl/α,β-unsaturated/α-hetero) is 2. The number of amides is 1. The summed E-state index contributed by atoms with van der Waals surface area (Å²) in [6.45, 7) is 3.47. The third-order valence-electron chi connectivity index (χ3n) is 5.44. The highest BCUT2D eigenvalue weighted by molar-refractivity contribution is 7.03. The van der Waals surface area contributed by atoms with Crippen molar-refractivity contribution in [1.82, 2.24) is 9.59 Å². The normalized spacial score (nSPS) is 18.6. The fraction of sp³-hybridized carbons (Fsp3) is 0.261. The van der Waals surface area contributed by atoms with Gasteiger partial charge in [0.15, 0.2) is 0 Å². The number of rotatable bonds is 6. The fourth-order valence-electron chi connectivity index (χ4n) is 3.90. The van der Waals surface area contributed by atoms with Crippen LogP contribution in [0.1, 0.15) is 25.5 Å². The smallest absolute Gasteiger partial charge is 0.295 e. The molecule has 158 valence electrons. The maximum atomic E-state index is 13.1. The largest absolute Gasteiger partial charge is 0.496 e. The predicted octanol–water partition coefficient (Wildman–Crippen LogP) is 3.71. The van der Waals surface area contributed by atoms with E-state index in [0.717, 1.165) is 11.3 Å². The van der Waals surface area contributed by atoms with E-state index in [0.29, 0.717) is 17.0 Å². The zero-order valence-electron chi connectivity index (χ0n) is 17.3. The number of nitrogens with zero attached hydrogens (tertiary/aromatic N) is 3. The van der Waals surface area contributed by atoms with E-state index < -0.39 is 29.6 Å². The summed E-state index contributed by atoms with van der Waals surface area (Å²) in [5.74, 6) is -2.61. The number of hydrogen-bond donors (Lipinski definition) is 0. The van der Waals surface area contributed by atoms with Crippen LogP contribution in [-0.4, -0.2) is 34.2 Å². The first-order valence-electron chi connectivity index (χ1n) is 9.85. The van der Waals surface area contributed by atoms with Gasteiger partial charge in [-0.2, -0.15) is 0 Å². The SMILES string of the molecule is COc1ccccc1C1C(C(=O)C(C)C)C(=O)C(=O)N1c1ccc(-c2csnn2)cc1. The van der Waals surface area contributed by atoms with Crippen LogP contribution in [0.2, 0.25) is 0 Å². The minimum Gasteiger partial charge on any atom is -0.496 e. The van der Waals surface area contributed by atoms with Crippen LogP contribution in [0.3, 0.4) is 0 Å². The Balaban J connectivity index is 1.83. The lowest BCUT2D eigenvalue weighted by Crippen LogP contribution is -2.32. The Bertz CT molecular complexity index is 1130. The highest BCUT2D eigenvalue weighted by Crippen LogP contribution is 2.44. The molecule has 0 spiro atoms. The molecule has 1 fully saturated rings. The average Bonchev–Trinajstić information content (AvgIpc) is 3.41. The topological polar surface area (TPSA) is 89.5 Å². The molecule has 1 aliphatic rings. The van der Waals surface area contributed by atoms with Gasteiger partial charge in [-0.1, -0.05) is 48.7 Å². The highest BCUT2D eigenvalue weighted by atomic mass is 32.1. The van der Waals surface area contributed by atoms with E-state index in [2.05, 4.69) is 9.59 Å². The number of anilines is 1. The van der Waals surface area contributed by atoms with Gasteiger partial charge in [0.1, 0.15) is 23.1 Å². The van der Waals surface area contributed by atoms with Crippen LogP contribution >= 0.6 is 11.5 Å². The molecule has 0 N–H and O–H groups in total. The first kappa shape index (κ1) is 20.9. The fourth-order valence-corrected chi connectivity index (χ4v) is 4.37. The van der Waals surface area contributed by atoms with Crippen molar-refractivity contribution in [2.24, 2.45) is 11.8 Å². The van der Waals surface area contributed by atoms with Gasteiger partial charge in [0.2, 0.25) is 5.78 Å². The molecular weight excluding hydrogens is 414 g/mol. The number of carbonyl (C=O) groups is 3. The van der Waals surface area contributed by atoms with E-state index in [1.165, 1.54) is 23.5 Å². The monoisotopic (exact) mass is 435 g/mol. The lowest BCUT2D eigenvalue weighted by atomic mass is 9.84. The lowest BCUT2D eigenvalue weighted by Gasteiger charge is -2.29. The summed E-state index contributed by atoms with van der Waals surface area (Å²) >= 11 is 1.25. The standard InChI is InChI=1S/C23H21N3O4S/c1-13(2)21(27)19-20(16-6-4-5-7-18(16)30-3)26(23(29)22(19)28)15-10-8-14(9-11-15)17-12-31-25-24-17/h4-13,19-20H,1-3H3. The van der Waals surface area contributed by atoms with Crippen molar-refractivity contribution in [3.8, 4) is 17.0 Å². The molecule has 0 radical (unpaired) electrons. The zero-order chi connectivity index (χ0) is 22.1. The Hall–Kier alpha value is -3.39. The molecule has 1 aliphatic heterocycles. The molecule has 1 saturated heterocycles. The Morgan fingerprint density at radius 2 is 1.81 bits per heavy atom. The van der Waals surface area contributed by atoms with Crippen LogP contribution in [0.5, 0.6) is 5.75 Å². The van der Waals surface area contributed by atoms with Gasteiger partial charge in [-0.25, -0.2) is 0 Å². The molecule has 3 aromatic rings. The maximum Gasteiger partial charge on any atom is 0.295 e. The molecule has 1 amide bonds. The molecule has 2 atom stereocenters. The van der Waals surface area contributed by atoms with Crippen molar-refractivity contribution < 1.29 is 19.1 Å². The third kappa shape index (κ3) is 3.63. The van der Waals surface area contributed by atoms with Crippen molar-refractivity contribution in [3.63, 3.8) is 0 Å². The Labute approximate surface area is 183 Å². The summed E-state index contributed by atoms with van der Waals surface area (Å²) in [6, 6.07) is 13.5. The van der Waals surface area contributed by atoms with Crippen LogP contribution in [0, 0.1) is 11.8 Å². The van der Waals surface area contributed by atoms with E-state index in [4.69, 9.17) is 4.74 Å². The number of hydrogen-bond acceptors (Lipinski definition) is 7. The van der Waals surface area contributed by atoms with Crippen LogP contribution < -0.4 is 9.64 Å². The van der Waals surface area contributed by atoms with Crippen LogP contribution in [-0.2, 0) is 14.4 Å². The van der Waals surface area contributed by atoms with Crippen molar-refractivity contribution >= 4 is 34.7 Å². The van der Waals surface area contributed by atoms with E-state index in [9.17, 15) is 14.4 Å². The molecule has 1 aromatic heterocycles. The minimum absolute atomic E-state index is 0.262. The average molecular weight is 436 g/mol. The van der Waals surface area contributed by atoms with Crippen LogP contribution in [0.4, 0.5) is 5.69 Å². The molecule has 0 aliphatic carbocycles. The predicted molar refractivity (Wildman–Crippen MR) is 117 cm³/mol. The summed E-state index contributed by atoms with van der Waals surface area (Å²) in [4.78, 5) is 40.5. The molecule has 7 nitrogen and oxygen atoms in total. The third-order valence-corrected chi connectivity index (χ3v) is 5.94. The van der Waals surface area contributed by atoms with Crippen molar-refractivity contribution in [3.05, 3.63) is 59.5 Å². The van der Waals surface area contributed by atoms with Gasteiger partial charge >= 0.3 is 0 Å². The number of carbonyl (C=O) groups excluding carboxylic acids is 3. The first-order chi connectivity index (χ1) is 14.9. The van der Waals surface area contributed by atoms with Gasteiger partial charge in [0.25, 0.3) is 5.91 Å². The second-order valence-electron chi connectivity index (χ2n) is 7.60. The van der Waals surface area contributed by atoms with Crippen LogP contribution in [0.25, 0.3) is 11.3 Å². The molecule has 8 heteroatoms. The van der Waals surface area contributed by atoms with E-state index in [1.807, 2.05) is 17.5 Å². The van der Waals surface area contributed by atoms with Gasteiger partial charge in [-0.15, -0.1) is 5.10 Å². The van der Waals surface area contributed by atoms with Gasteiger partial charge in [0.05, 0.1) is 13.2 Å². The molecule has 0 bridgehead atoms. The Morgan fingerprint density at radius 3 is 2.42 bits per heavy atom. The number of aromatic nitrogens is 2. The lowest BCUT2D eigenvalue weighted by molar-refractivity contribution is -0.139.